The highest BCUT2D eigenvalue weighted by Crippen LogP contribution is 2.48. The van der Waals surface area contributed by atoms with Crippen LogP contribution >= 0.6 is 0 Å². The normalized spacial score (nSPS) is 22.3. The molecule has 0 atom stereocenters. The van der Waals surface area contributed by atoms with Crippen LogP contribution in [0.3, 0.4) is 0 Å². The van der Waals surface area contributed by atoms with E-state index in [0.717, 1.165) is 32.1 Å². The van der Waals surface area contributed by atoms with E-state index in [-0.39, 0.29) is 11.0 Å². The van der Waals surface area contributed by atoms with Crippen LogP contribution in [0.5, 0.6) is 0 Å². The van der Waals surface area contributed by atoms with E-state index in [2.05, 4.69) is 20.8 Å². The molecule has 0 radical (unpaired) electrons. The van der Waals surface area contributed by atoms with Gasteiger partial charge < -0.3 is 5.11 Å². The molecule has 1 rings (SSSR count). The molecule has 0 amide bonds. The molecule has 1 saturated carbocycles. The van der Waals surface area contributed by atoms with Crippen molar-refractivity contribution in [2.75, 3.05) is 0 Å². The lowest BCUT2D eigenvalue weighted by Crippen LogP contribution is -2.48. The topological polar surface area (TPSA) is 20.2 Å². The van der Waals surface area contributed by atoms with Crippen molar-refractivity contribution in [2.24, 2.45) is 5.41 Å². The van der Waals surface area contributed by atoms with Crippen LogP contribution in [-0.4, -0.2) is 10.7 Å². The van der Waals surface area contributed by atoms with E-state index in [4.69, 9.17) is 0 Å². The first-order chi connectivity index (χ1) is 6.64. The fourth-order valence-corrected chi connectivity index (χ4v) is 3.40. The number of aliphatic hydroxyl groups is 1. The molecular weight excluding hydrogens is 172 g/mol. The highest BCUT2D eigenvalue weighted by molar-refractivity contribution is 4.98. The minimum Gasteiger partial charge on any atom is -0.389 e. The Morgan fingerprint density at radius 2 is 1.36 bits per heavy atom. The second-order valence-corrected chi connectivity index (χ2v) is 4.93. The van der Waals surface area contributed by atoms with E-state index in [1.165, 1.54) is 19.3 Å². The first kappa shape index (κ1) is 12.0. The Kier molecular flexibility index (Phi) is 4.00. The Bertz CT molecular complexity index is 156. The molecule has 0 unspecified atom stereocenters. The van der Waals surface area contributed by atoms with Crippen molar-refractivity contribution >= 4 is 0 Å². The van der Waals surface area contributed by atoms with Gasteiger partial charge >= 0.3 is 0 Å². The van der Waals surface area contributed by atoms with Crippen LogP contribution in [0.4, 0.5) is 0 Å². The monoisotopic (exact) mass is 198 g/mol. The molecule has 1 N–H and O–H groups in total. The van der Waals surface area contributed by atoms with Gasteiger partial charge in [-0.15, -0.1) is 0 Å². The van der Waals surface area contributed by atoms with Crippen molar-refractivity contribution in [3.63, 3.8) is 0 Å². The maximum absolute atomic E-state index is 10.8. The molecule has 0 bridgehead atoms. The van der Waals surface area contributed by atoms with Crippen molar-refractivity contribution in [2.45, 2.75) is 77.7 Å². The third kappa shape index (κ3) is 1.84. The van der Waals surface area contributed by atoms with E-state index in [9.17, 15) is 5.11 Å². The summed E-state index contributed by atoms with van der Waals surface area (Å²) in [6.07, 6.45) is 9.18. The van der Waals surface area contributed by atoms with Gasteiger partial charge in [-0.05, 0) is 37.5 Å². The van der Waals surface area contributed by atoms with E-state index in [1.54, 1.807) is 0 Å². The highest BCUT2D eigenvalue weighted by Gasteiger charge is 2.46. The first-order valence-electron chi connectivity index (χ1n) is 6.36. The van der Waals surface area contributed by atoms with E-state index in [0.29, 0.717) is 0 Å². The van der Waals surface area contributed by atoms with E-state index in [1.807, 2.05) is 0 Å². The minimum atomic E-state index is -0.358. The third-order valence-electron chi connectivity index (χ3n) is 4.70. The van der Waals surface area contributed by atoms with Gasteiger partial charge in [0.1, 0.15) is 0 Å². The summed E-state index contributed by atoms with van der Waals surface area (Å²) in [4.78, 5) is 0. The van der Waals surface area contributed by atoms with Crippen LogP contribution < -0.4 is 0 Å². The highest BCUT2D eigenvalue weighted by atomic mass is 16.3. The summed E-state index contributed by atoms with van der Waals surface area (Å²) in [6, 6.07) is 0. The average molecular weight is 198 g/mol. The molecule has 1 fully saturated rings. The zero-order chi connectivity index (χ0) is 10.7. The van der Waals surface area contributed by atoms with Gasteiger partial charge in [0.15, 0.2) is 0 Å². The van der Waals surface area contributed by atoms with Gasteiger partial charge in [-0.2, -0.15) is 0 Å². The minimum absolute atomic E-state index is 0.188. The summed E-state index contributed by atoms with van der Waals surface area (Å²) in [5, 5.41) is 10.8. The zero-order valence-corrected chi connectivity index (χ0v) is 10.1. The van der Waals surface area contributed by atoms with Gasteiger partial charge in [0.25, 0.3) is 0 Å². The lowest BCUT2D eigenvalue weighted by atomic mass is 9.61. The second-order valence-electron chi connectivity index (χ2n) is 4.93. The number of hydrogen-bond acceptors (Lipinski definition) is 1. The lowest BCUT2D eigenvalue weighted by molar-refractivity contribution is -0.116. The fraction of sp³-hybridized carbons (Fsp3) is 1.00. The summed E-state index contributed by atoms with van der Waals surface area (Å²) >= 11 is 0. The third-order valence-corrected chi connectivity index (χ3v) is 4.70. The van der Waals surface area contributed by atoms with Crippen molar-refractivity contribution in [3.8, 4) is 0 Å². The number of hydrogen-bond donors (Lipinski definition) is 1. The Labute approximate surface area is 88.9 Å². The van der Waals surface area contributed by atoms with Gasteiger partial charge in [0.05, 0.1) is 5.60 Å². The molecule has 0 aliphatic heterocycles. The van der Waals surface area contributed by atoms with Crippen molar-refractivity contribution < 1.29 is 5.11 Å². The van der Waals surface area contributed by atoms with Crippen LogP contribution in [0.2, 0.25) is 0 Å². The number of rotatable bonds is 4. The fourth-order valence-electron chi connectivity index (χ4n) is 3.40. The molecule has 1 heteroatoms. The molecule has 0 saturated heterocycles. The summed E-state index contributed by atoms with van der Waals surface area (Å²) in [5.41, 5.74) is -0.170. The summed E-state index contributed by atoms with van der Waals surface area (Å²) in [5.74, 6) is 0. The molecule has 1 nitrogen and oxygen atoms in total. The van der Waals surface area contributed by atoms with E-state index >= 15 is 0 Å². The molecule has 0 aromatic rings. The predicted molar refractivity (Wildman–Crippen MR) is 61.3 cm³/mol. The van der Waals surface area contributed by atoms with Crippen LogP contribution in [-0.2, 0) is 0 Å². The SMILES string of the molecule is CCC(CC)(CC)C1(O)CCCCC1. The Hall–Kier alpha value is -0.0400. The van der Waals surface area contributed by atoms with Crippen LogP contribution in [0, 0.1) is 5.41 Å². The summed E-state index contributed by atoms with van der Waals surface area (Å²) in [6.45, 7) is 6.71. The van der Waals surface area contributed by atoms with Gasteiger partial charge in [-0.1, -0.05) is 40.0 Å². The molecule has 0 heterocycles. The molecule has 84 valence electrons. The van der Waals surface area contributed by atoms with Gasteiger partial charge in [0.2, 0.25) is 0 Å². The first-order valence-corrected chi connectivity index (χ1v) is 6.36. The average Bonchev–Trinajstić information content (AvgIpc) is 2.22. The zero-order valence-electron chi connectivity index (χ0n) is 10.1. The smallest absolute Gasteiger partial charge is 0.0703 e. The predicted octanol–water partition coefficient (Wildman–Crippen LogP) is 3.90. The Morgan fingerprint density at radius 3 is 1.71 bits per heavy atom. The molecule has 0 aromatic carbocycles. The Balaban J connectivity index is 2.83. The maximum atomic E-state index is 10.8. The molecule has 0 spiro atoms. The quantitative estimate of drug-likeness (QED) is 0.726. The summed E-state index contributed by atoms with van der Waals surface area (Å²) in [7, 11) is 0. The van der Waals surface area contributed by atoms with E-state index < -0.39 is 0 Å². The lowest BCUT2D eigenvalue weighted by Gasteiger charge is -2.49. The second kappa shape index (κ2) is 4.65. The largest absolute Gasteiger partial charge is 0.389 e. The molecule has 14 heavy (non-hydrogen) atoms. The standard InChI is InChI=1S/C13H26O/c1-4-12(5-2,6-3)13(14)10-8-7-9-11-13/h14H,4-11H2,1-3H3. The van der Waals surface area contributed by atoms with Crippen molar-refractivity contribution in [3.05, 3.63) is 0 Å². The van der Waals surface area contributed by atoms with Gasteiger partial charge in [0, 0.05) is 0 Å². The molecule has 1 aliphatic rings. The molecule has 1 aliphatic carbocycles. The summed E-state index contributed by atoms with van der Waals surface area (Å²) < 4.78 is 0. The van der Waals surface area contributed by atoms with Gasteiger partial charge in [-0.3, -0.25) is 0 Å². The van der Waals surface area contributed by atoms with Crippen molar-refractivity contribution in [1.82, 2.24) is 0 Å². The van der Waals surface area contributed by atoms with Crippen LogP contribution in [0.1, 0.15) is 72.1 Å². The molecular formula is C13H26O. The van der Waals surface area contributed by atoms with Crippen LogP contribution in [0.25, 0.3) is 0 Å². The Morgan fingerprint density at radius 1 is 0.929 bits per heavy atom. The molecule has 0 aromatic heterocycles. The van der Waals surface area contributed by atoms with Crippen molar-refractivity contribution in [1.29, 1.82) is 0 Å². The maximum Gasteiger partial charge on any atom is 0.0703 e. The van der Waals surface area contributed by atoms with Gasteiger partial charge in [-0.25, -0.2) is 0 Å². The van der Waals surface area contributed by atoms with Crippen LogP contribution in [0.15, 0.2) is 0 Å².